The Morgan fingerprint density at radius 1 is 1.00 bits per heavy atom. The third kappa shape index (κ3) is 7.10. The molecule has 230 valence electrons. The summed E-state index contributed by atoms with van der Waals surface area (Å²) in [7, 11) is 0. The molecule has 1 amide bonds. The maximum atomic E-state index is 14.3. The lowest BCUT2D eigenvalue weighted by Gasteiger charge is -2.31. The molecule has 0 aromatic heterocycles. The minimum Gasteiger partial charge on any atom is -0.494 e. The molecule has 3 N–H and O–H groups in total. The molecule has 0 bridgehead atoms. The average molecular weight is 613 g/mol. The summed E-state index contributed by atoms with van der Waals surface area (Å²) < 4.78 is 40.7. The molecule has 0 aliphatic carbocycles. The van der Waals surface area contributed by atoms with Gasteiger partial charge in [-0.05, 0) is 47.5 Å². The van der Waals surface area contributed by atoms with Gasteiger partial charge in [0.25, 0.3) is 5.91 Å². The van der Waals surface area contributed by atoms with Gasteiger partial charge in [0.1, 0.15) is 17.4 Å². The Bertz CT molecular complexity index is 1690. The number of hydrazine groups is 1. The van der Waals surface area contributed by atoms with Crippen LogP contribution in [0.2, 0.25) is 0 Å². The Kier molecular flexibility index (Phi) is 10.0. The van der Waals surface area contributed by atoms with E-state index in [0.717, 1.165) is 17.7 Å². The summed E-state index contributed by atoms with van der Waals surface area (Å²) in [5.41, 5.74) is 14.6. The minimum absolute atomic E-state index is 0.0110. The van der Waals surface area contributed by atoms with Crippen LogP contribution in [-0.4, -0.2) is 35.7 Å². The fourth-order valence-electron chi connectivity index (χ4n) is 5.04. The number of aliphatic imine (C=N–C) groups is 1. The van der Waals surface area contributed by atoms with Crippen LogP contribution in [0.15, 0.2) is 107 Å². The highest BCUT2D eigenvalue weighted by atomic mass is 19.1. The first-order valence-corrected chi connectivity index (χ1v) is 14.2. The van der Waals surface area contributed by atoms with Gasteiger partial charge in [0.2, 0.25) is 5.90 Å². The Balaban J connectivity index is 1.56. The molecule has 0 saturated heterocycles. The number of carbonyl (C=O) groups is 1. The van der Waals surface area contributed by atoms with Gasteiger partial charge in [-0.25, -0.2) is 19.2 Å². The number of nitrogens with zero attached hydrogens (tertiary/aromatic N) is 4. The molecular formula is C33H30F2N6O4. The number of amides is 1. The summed E-state index contributed by atoms with van der Waals surface area (Å²) in [5, 5.41) is 12.9. The summed E-state index contributed by atoms with van der Waals surface area (Å²) in [6.07, 6.45) is -0.517. The quantitative estimate of drug-likeness (QED) is 0.0559. The van der Waals surface area contributed by atoms with Gasteiger partial charge in [-0.2, -0.15) is 0 Å². The molecule has 5 rings (SSSR count). The second kappa shape index (κ2) is 14.5. The molecule has 4 aromatic carbocycles. The number of benzene rings is 4. The SMILES string of the molecule is [N-]=[N+]=Nc1ccccc1[C@@H]1OC(c2ccc(OCCCO)cc2)=N[C@]1(Cc1ccccc1)C(=O)NNCc1c(F)cccc1F. The number of aliphatic hydroxyl groups excluding tert-OH is 1. The first-order chi connectivity index (χ1) is 21.9. The van der Waals surface area contributed by atoms with Crippen LogP contribution < -0.4 is 15.6 Å². The van der Waals surface area contributed by atoms with Crippen molar-refractivity contribution in [2.24, 2.45) is 10.1 Å². The Hall–Kier alpha value is -5.29. The molecule has 12 heteroatoms. The van der Waals surface area contributed by atoms with E-state index in [1.807, 2.05) is 30.3 Å². The van der Waals surface area contributed by atoms with E-state index in [2.05, 4.69) is 20.9 Å². The predicted octanol–water partition coefficient (Wildman–Crippen LogP) is 5.99. The molecule has 0 spiro atoms. The number of nitrogens with one attached hydrogen (secondary N) is 2. The maximum absolute atomic E-state index is 14.3. The van der Waals surface area contributed by atoms with E-state index in [4.69, 9.17) is 19.6 Å². The van der Waals surface area contributed by atoms with Crippen molar-refractivity contribution in [3.8, 4) is 5.75 Å². The number of hydrogen-bond donors (Lipinski definition) is 3. The standard InChI is InChI=1S/C33H30F2N6O4/c34-27-11-6-12-28(35)26(27)21-37-40-32(43)33(20-22-8-2-1-3-9-22)30(25-10-4-5-13-29(25)39-41-36)45-31(38-33)23-14-16-24(17-15-23)44-19-7-18-42/h1-6,8-17,30,37,42H,7,18-21H2,(H,40,43)/t30-,33-/m0/s1. The predicted molar refractivity (Wildman–Crippen MR) is 163 cm³/mol. The lowest BCUT2D eigenvalue weighted by Crippen LogP contribution is -2.53. The molecule has 1 aliphatic rings. The average Bonchev–Trinajstić information content (AvgIpc) is 3.44. The summed E-state index contributed by atoms with van der Waals surface area (Å²) in [6, 6.07) is 26.4. The normalized spacial score (nSPS) is 17.1. The number of carbonyl (C=O) groups excluding carboxylic acids is 1. The van der Waals surface area contributed by atoms with Crippen LogP contribution in [0.4, 0.5) is 14.5 Å². The van der Waals surface area contributed by atoms with Gasteiger partial charge in [0.15, 0.2) is 11.6 Å². The van der Waals surface area contributed by atoms with E-state index >= 15 is 0 Å². The van der Waals surface area contributed by atoms with E-state index in [9.17, 15) is 19.1 Å². The smallest absolute Gasteiger partial charge is 0.266 e. The molecule has 45 heavy (non-hydrogen) atoms. The topological polar surface area (TPSA) is 141 Å². The largest absolute Gasteiger partial charge is 0.494 e. The maximum Gasteiger partial charge on any atom is 0.266 e. The number of halogens is 2. The molecule has 0 fully saturated rings. The van der Waals surface area contributed by atoms with Crippen LogP contribution >= 0.6 is 0 Å². The summed E-state index contributed by atoms with van der Waals surface area (Å²) >= 11 is 0. The highest BCUT2D eigenvalue weighted by Gasteiger charge is 2.54. The van der Waals surface area contributed by atoms with Crippen LogP contribution in [0.3, 0.4) is 0 Å². The van der Waals surface area contributed by atoms with Gasteiger partial charge in [0.05, 0.1) is 6.61 Å². The van der Waals surface area contributed by atoms with Crippen molar-refractivity contribution < 1.29 is 28.2 Å². The van der Waals surface area contributed by atoms with E-state index in [-0.39, 0.29) is 36.7 Å². The van der Waals surface area contributed by atoms with E-state index in [1.54, 1.807) is 48.5 Å². The Morgan fingerprint density at radius 3 is 2.42 bits per heavy atom. The number of ether oxygens (including phenoxy) is 2. The molecule has 10 nitrogen and oxygen atoms in total. The van der Waals surface area contributed by atoms with Gasteiger partial charge in [0, 0.05) is 53.3 Å². The van der Waals surface area contributed by atoms with E-state index in [1.165, 1.54) is 6.07 Å². The number of aliphatic hydroxyl groups is 1. The third-order valence-corrected chi connectivity index (χ3v) is 7.25. The summed E-state index contributed by atoms with van der Waals surface area (Å²) in [4.78, 5) is 22.1. The van der Waals surface area contributed by atoms with Crippen molar-refractivity contribution in [1.29, 1.82) is 0 Å². The monoisotopic (exact) mass is 612 g/mol. The number of hydrogen-bond acceptors (Lipinski definition) is 7. The van der Waals surface area contributed by atoms with Crippen LogP contribution in [0.1, 0.15) is 34.8 Å². The van der Waals surface area contributed by atoms with Crippen molar-refractivity contribution in [3.63, 3.8) is 0 Å². The van der Waals surface area contributed by atoms with Crippen LogP contribution in [0.5, 0.6) is 5.75 Å². The van der Waals surface area contributed by atoms with Crippen LogP contribution in [0.25, 0.3) is 10.4 Å². The van der Waals surface area contributed by atoms with Crippen molar-refractivity contribution in [1.82, 2.24) is 10.9 Å². The zero-order valence-electron chi connectivity index (χ0n) is 24.1. The lowest BCUT2D eigenvalue weighted by atomic mass is 9.81. The van der Waals surface area contributed by atoms with Crippen LogP contribution in [-0.2, 0) is 22.5 Å². The summed E-state index contributed by atoms with van der Waals surface area (Å²) in [6.45, 7) is 0.0214. The fourth-order valence-corrected chi connectivity index (χ4v) is 5.04. The van der Waals surface area contributed by atoms with Gasteiger partial charge in [-0.1, -0.05) is 65.8 Å². The van der Waals surface area contributed by atoms with E-state index < -0.39 is 29.2 Å². The Morgan fingerprint density at radius 2 is 1.71 bits per heavy atom. The summed E-state index contributed by atoms with van der Waals surface area (Å²) in [5.74, 6) is -1.42. The first kappa shape index (κ1) is 31.1. The second-order valence-electron chi connectivity index (χ2n) is 10.2. The Labute approximate surface area is 257 Å². The van der Waals surface area contributed by atoms with Crippen LogP contribution in [0, 0.1) is 11.6 Å². The molecule has 0 saturated carbocycles. The number of rotatable bonds is 13. The fraction of sp³-hybridized carbons (Fsp3) is 0.212. The molecule has 0 unspecified atom stereocenters. The molecule has 0 radical (unpaired) electrons. The molecule has 1 aliphatic heterocycles. The van der Waals surface area contributed by atoms with Gasteiger partial charge < -0.3 is 14.6 Å². The minimum atomic E-state index is -1.66. The van der Waals surface area contributed by atoms with Crippen molar-refractivity contribution in [2.75, 3.05) is 13.2 Å². The number of azide groups is 1. The van der Waals surface area contributed by atoms with Gasteiger partial charge in [-0.15, -0.1) is 0 Å². The van der Waals surface area contributed by atoms with Gasteiger partial charge >= 0.3 is 0 Å². The molecule has 2 atom stereocenters. The highest BCUT2D eigenvalue weighted by Crippen LogP contribution is 2.45. The lowest BCUT2D eigenvalue weighted by molar-refractivity contribution is -0.130. The van der Waals surface area contributed by atoms with Gasteiger partial charge in [-0.3, -0.25) is 10.2 Å². The zero-order chi connectivity index (χ0) is 31.6. The second-order valence-corrected chi connectivity index (χ2v) is 10.2. The van der Waals surface area contributed by atoms with Crippen molar-refractivity contribution >= 4 is 17.5 Å². The molecule has 4 aromatic rings. The third-order valence-electron chi connectivity index (χ3n) is 7.25. The van der Waals surface area contributed by atoms with E-state index in [0.29, 0.717) is 29.9 Å². The zero-order valence-corrected chi connectivity index (χ0v) is 24.1. The van der Waals surface area contributed by atoms with Crippen molar-refractivity contribution in [2.45, 2.75) is 31.0 Å². The van der Waals surface area contributed by atoms with Crippen molar-refractivity contribution in [3.05, 3.63) is 141 Å². The molecular weight excluding hydrogens is 582 g/mol. The first-order valence-electron chi connectivity index (χ1n) is 14.2. The molecule has 1 heterocycles. The highest BCUT2D eigenvalue weighted by molar-refractivity contribution is 6.01.